The van der Waals surface area contributed by atoms with E-state index in [4.69, 9.17) is 12.2 Å². The third-order valence-electron chi connectivity index (χ3n) is 5.35. The molecule has 0 saturated heterocycles. The van der Waals surface area contributed by atoms with Gasteiger partial charge in [-0.1, -0.05) is 13.8 Å². The van der Waals surface area contributed by atoms with Gasteiger partial charge < -0.3 is 15.5 Å². The molecular weight excluding hydrogens is 420 g/mol. The number of amides is 1. The van der Waals surface area contributed by atoms with Crippen molar-refractivity contribution in [2.75, 3.05) is 23.3 Å². The largest absolute Gasteiger partial charge is 0.372 e. The zero-order chi connectivity index (χ0) is 23.4. The minimum atomic E-state index is -0.0918. The van der Waals surface area contributed by atoms with E-state index in [0.29, 0.717) is 6.42 Å². The molecule has 8 heteroatoms. The fourth-order valence-corrected chi connectivity index (χ4v) is 3.89. The standard InChI is InChI=1S/C24H32N6OS/c1-7-29(8-2)18-9-10-22(17(6)12-18)30-27-20-13-16(5)19(14-21(20)28-30)25-24(32)26-23(31)11-15(3)4/h9-10,12-15H,7-8,11H2,1-6H3,(H2,25,26,31,32). The fourth-order valence-electron chi connectivity index (χ4n) is 3.66. The first kappa shape index (κ1) is 23.7. The van der Waals surface area contributed by atoms with Gasteiger partial charge in [-0.05, 0) is 87.3 Å². The molecule has 170 valence electrons. The van der Waals surface area contributed by atoms with Crippen LogP contribution in [0.4, 0.5) is 11.4 Å². The molecule has 3 rings (SSSR count). The van der Waals surface area contributed by atoms with Crippen LogP contribution in [0, 0.1) is 19.8 Å². The molecule has 0 aliphatic rings. The second kappa shape index (κ2) is 10.1. The molecule has 0 fully saturated rings. The first-order valence-electron chi connectivity index (χ1n) is 11.1. The minimum absolute atomic E-state index is 0.0918. The minimum Gasteiger partial charge on any atom is -0.372 e. The van der Waals surface area contributed by atoms with E-state index in [1.54, 1.807) is 4.80 Å². The number of nitrogens with zero attached hydrogens (tertiary/aromatic N) is 4. The van der Waals surface area contributed by atoms with Crippen molar-refractivity contribution in [1.82, 2.24) is 20.3 Å². The summed E-state index contributed by atoms with van der Waals surface area (Å²) in [5.41, 5.74) is 6.58. The van der Waals surface area contributed by atoms with Crippen molar-refractivity contribution in [2.24, 2.45) is 5.92 Å². The average molecular weight is 453 g/mol. The Kier molecular flexibility index (Phi) is 7.45. The Morgan fingerprint density at radius 3 is 2.31 bits per heavy atom. The lowest BCUT2D eigenvalue weighted by molar-refractivity contribution is -0.120. The van der Waals surface area contributed by atoms with Crippen LogP contribution in [-0.4, -0.2) is 39.1 Å². The van der Waals surface area contributed by atoms with Gasteiger partial charge in [0.25, 0.3) is 0 Å². The summed E-state index contributed by atoms with van der Waals surface area (Å²) in [5, 5.41) is 15.5. The van der Waals surface area contributed by atoms with Crippen LogP contribution in [0.25, 0.3) is 16.7 Å². The van der Waals surface area contributed by atoms with Crippen LogP contribution in [0.5, 0.6) is 0 Å². The predicted molar refractivity (Wildman–Crippen MR) is 136 cm³/mol. The highest BCUT2D eigenvalue weighted by molar-refractivity contribution is 7.80. The Balaban J connectivity index is 1.84. The van der Waals surface area contributed by atoms with Crippen molar-refractivity contribution in [2.45, 2.75) is 48.0 Å². The average Bonchev–Trinajstić information content (AvgIpc) is 3.10. The topological polar surface area (TPSA) is 75.1 Å². The number of hydrogen-bond donors (Lipinski definition) is 2. The number of nitrogens with one attached hydrogen (secondary N) is 2. The highest BCUT2D eigenvalue weighted by Gasteiger charge is 2.13. The molecule has 2 aromatic carbocycles. The second-order valence-electron chi connectivity index (χ2n) is 8.39. The molecule has 0 atom stereocenters. The number of carbonyl (C=O) groups is 1. The van der Waals surface area contributed by atoms with Crippen LogP contribution in [0.15, 0.2) is 30.3 Å². The summed E-state index contributed by atoms with van der Waals surface area (Å²) in [7, 11) is 0. The van der Waals surface area contributed by atoms with Crippen LogP contribution in [0.2, 0.25) is 0 Å². The Bertz CT molecular complexity index is 1130. The molecule has 1 amide bonds. The molecule has 1 aromatic heterocycles. The predicted octanol–water partition coefficient (Wildman–Crippen LogP) is 4.74. The summed E-state index contributed by atoms with van der Waals surface area (Å²) in [5.74, 6) is 0.182. The lowest BCUT2D eigenvalue weighted by Crippen LogP contribution is -2.34. The van der Waals surface area contributed by atoms with Crippen LogP contribution in [-0.2, 0) is 4.79 Å². The number of anilines is 2. The number of fused-ring (bicyclic) bond motifs is 1. The molecule has 0 unspecified atom stereocenters. The van der Waals surface area contributed by atoms with E-state index in [-0.39, 0.29) is 16.9 Å². The van der Waals surface area contributed by atoms with Crippen molar-refractivity contribution >= 4 is 45.6 Å². The Morgan fingerprint density at radius 1 is 1.06 bits per heavy atom. The lowest BCUT2D eigenvalue weighted by atomic mass is 10.1. The van der Waals surface area contributed by atoms with Gasteiger partial charge in [-0.2, -0.15) is 4.80 Å². The molecule has 0 radical (unpaired) electrons. The number of benzene rings is 2. The molecule has 0 spiro atoms. The van der Waals surface area contributed by atoms with Crippen molar-refractivity contribution in [1.29, 1.82) is 0 Å². The molecule has 0 aliphatic heterocycles. The van der Waals surface area contributed by atoms with Gasteiger partial charge in [-0.25, -0.2) is 0 Å². The Labute approximate surface area is 195 Å². The van der Waals surface area contributed by atoms with E-state index in [1.807, 2.05) is 32.9 Å². The highest BCUT2D eigenvalue weighted by Crippen LogP contribution is 2.25. The van der Waals surface area contributed by atoms with Gasteiger partial charge in [0.15, 0.2) is 5.11 Å². The molecule has 0 bridgehead atoms. The third kappa shape index (κ3) is 5.43. The molecule has 3 aromatic rings. The monoisotopic (exact) mass is 452 g/mol. The normalized spacial score (nSPS) is 11.1. The van der Waals surface area contributed by atoms with E-state index in [1.165, 1.54) is 5.69 Å². The zero-order valence-electron chi connectivity index (χ0n) is 19.7. The Morgan fingerprint density at radius 2 is 1.72 bits per heavy atom. The summed E-state index contributed by atoms with van der Waals surface area (Å²) < 4.78 is 0. The van der Waals surface area contributed by atoms with E-state index in [0.717, 1.165) is 46.6 Å². The number of aryl methyl sites for hydroxylation is 2. The van der Waals surface area contributed by atoms with Crippen LogP contribution < -0.4 is 15.5 Å². The van der Waals surface area contributed by atoms with Crippen molar-refractivity contribution in [3.63, 3.8) is 0 Å². The third-order valence-corrected chi connectivity index (χ3v) is 5.55. The quantitative estimate of drug-likeness (QED) is 0.504. The van der Waals surface area contributed by atoms with E-state index in [2.05, 4.69) is 64.7 Å². The maximum atomic E-state index is 12.0. The second-order valence-corrected chi connectivity index (χ2v) is 8.80. The number of carbonyl (C=O) groups excluding carboxylic acids is 1. The summed E-state index contributed by atoms with van der Waals surface area (Å²) in [4.78, 5) is 16.0. The van der Waals surface area contributed by atoms with E-state index >= 15 is 0 Å². The molecule has 0 aliphatic carbocycles. The summed E-state index contributed by atoms with van der Waals surface area (Å²) in [6, 6.07) is 10.2. The molecule has 7 nitrogen and oxygen atoms in total. The summed E-state index contributed by atoms with van der Waals surface area (Å²) in [6.45, 7) is 14.3. The van der Waals surface area contributed by atoms with Crippen molar-refractivity contribution < 1.29 is 4.79 Å². The van der Waals surface area contributed by atoms with Gasteiger partial charge in [0.1, 0.15) is 11.0 Å². The maximum Gasteiger partial charge on any atom is 0.226 e. The number of thiocarbonyl (C=S) groups is 1. The number of rotatable bonds is 7. The lowest BCUT2D eigenvalue weighted by Gasteiger charge is -2.22. The van der Waals surface area contributed by atoms with Crippen LogP contribution >= 0.6 is 12.2 Å². The molecule has 2 N–H and O–H groups in total. The van der Waals surface area contributed by atoms with Crippen LogP contribution in [0.1, 0.15) is 45.2 Å². The summed E-state index contributed by atoms with van der Waals surface area (Å²) >= 11 is 5.31. The van der Waals surface area contributed by atoms with Crippen LogP contribution in [0.3, 0.4) is 0 Å². The molecule has 1 heterocycles. The van der Waals surface area contributed by atoms with Gasteiger partial charge in [0.2, 0.25) is 5.91 Å². The van der Waals surface area contributed by atoms with Crippen molar-refractivity contribution in [3.8, 4) is 5.69 Å². The van der Waals surface area contributed by atoms with E-state index < -0.39 is 0 Å². The SMILES string of the molecule is CCN(CC)c1ccc(-n2nc3cc(C)c(NC(=S)NC(=O)CC(C)C)cc3n2)c(C)c1. The van der Waals surface area contributed by atoms with Gasteiger partial charge in [-0.3, -0.25) is 4.79 Å². The molecule has 0 saturated carbocycles. The smallest absolute Gasteiger partial charge is 0.226 e. The van der Waals surface area contributed by atoms with Gasteiger partial charge in [0.05, 0.1) is 5.69 Å². The van der Waals surface area contributed by atoms with Gasteiger partial charge in [0, 0.05) is 30.9 Å². The fraction of sp³-hybridized carbons (Fsp3) is 0.417. The zero-order valence-corrected chi connectivity index (χ0v) is 20.5. The molecule has 32 heavy (non-hydrogen) atoms. The number of aromatic nitrogens is 3. The van der Waals surface area contributed by atoms with E-state index in [9.17, 15) is 4.79 Å². The maximum absolute atomic E-state index is 12.0. The molecular formula is C24H32N6OS. The first-order chi connectivity index (χ1) is 15.2. The Hall–Kier alpha value is -3.00. The van der Waals surface area contributed by atoms with Crippen molar-refractivity contribution in [3.05, 3.63) is 41.5 Å². The van der Waals surface area contributed by atoms with Gasteiger partial charge in [-0.15, -0.1) is 10.2 Å². The highest BCUT2D eigenvalue weighted by atomic mass is 32.1. The van der Waals surface area contributed by atoms with Gasteiger partial charge >= 0.3 is 0 Å². The summed E-state index contributed by atoms with van der Waals surface area (Å²) in [6.07, 6.45) is 0.431. The first-order valence-corrected chi connectivity index (χ1v) is 11.5. The number of hydrogen-bond acceptors (Lipinski definition) is 5.